The molecular weight excluding hydrogens is 340 g/mol. The molecule has 2 N–H and O–H groups in total. The van der Waals surface area contributed by atoms with Crippen molar-refractivity contribution in [3.05, 3.63) is 59.1 Å². The Balaban J connectivity index is 1.51. The van der Waals surface area contributed by atoms with Crippen molar-refractivity contribution in [2.45, 2.75) is 18.4 Å². The van der Waals surface area contributed by atoms with E-state index in [1.807, 2.05) is 12.1 Å². The summed E-state index contributed by atoms with van der Waals surface area (Å²) in [6.45, 7) is 0.969. The summed E-state index contributed by atoms with van der Waals surface area (Å²) in [4.78, 5) is 25.7. The Hall–Kier alpha value is -2.44. The molecule has 0 spiro atoms. The average molecular weight is 357 g/mol. The zero-order chi connectivity index (χ0) is 17.4. The van der Waals surface area contributed by atoms with Crippen LogP contribution in [0.5, 0.6) is 0 Å². The van der Waals surface area contributed by atoms with Gasteiger partial charge in [0.05, 0.1) is 11.2 Å². The second-order valence-electron chi connectivity index (χ2n) is 6.32. The Morgan fingerprint density at radius 3 is 2.68 bits per heavy atom. The Labute approximate surface area is 149 Å². The fraction of sp³-hybridized carbons (Fsp3) is 0.278. The third-order valence-electron chi connectivity index (χ3n) is 4.85. The van der Waals surface area contributed by atoms with Crippen LogP contribution >= 0.6 is 11.6 Å². The van der Waals surface area contributed by atoms with E-state index >= 15 is 0 Å². The number of nitrogens with one attached hydrogen (secondary N) is 1. The van der Waals surface area contributed by atoms with Gasteiger partial charge in [0.2, 0.25) is 0 Å². The number of hydrogen-bond acceptors (Lipinski definition) is 4. The summed E-state index contributed by atoms with van der Waals surface area (Å²) in [5.41, 5.74) is 1.12. The number of H-pyrrole nitrogens is 1. The van der Waals surface area contributed by atoms with Gasteiger partial charge in [-0.2, -0.15) is 0 Å². The molecule has 1 fully saturated rings. The maximum absolute atomic E-state index is 12.8. The van der Waals surface area contributed by atoms with Gasteiger partial charge < -0.3 is 15.0 Å². The lowest BCUT2D eigenvalue weighted by Crippen LogP contribution is -2.45. The van der Waals surface area contributed by atoms with Crippen LogP contribution < -0.4 is 0 Å². The van der Waals surface area contributed by atoms with E-state index in [1.54, 1.807) is 29.4 Å². The Morgan fingerprint density at radius 2 is 1.96 bits per heavy atom. The molecule has 6 nitrogen and oxygen atoms in total. The lowest BCUT2D eigenvalue weighted by atomic mass is 9.84. The van der Waals surface area contributed by atoms with Crippen LogP contribution in [0.1, 0.15) is 28.8 Å². The molecule has 0 bridgehead atoms. The third kappa shape index (κ3) is 2.88. The van der Waals surface area contributed by atoms with Gasteiger partial charge in [-0.25, -0.2) is 9.97 Å². The number of carbonyl (C=O) groups is 1. The fourth-order valence-corrected chi connectivity index (χ4v) is 3.46. The third-order valence-corrected chi connectivity index (χ3v) is 5.10. The summed E-state index contributed by atoms with van der Waals surface area (Å²) in [5.74, 6) is -0.0702. The van der Waals surface area contributed by atoms with E-state index in [4.69, 9.17) is 11.6 Å². The monoisotopic (exact) mass is 356 g/mol. The van der Waals surface area contributed by atoms with Crippen molar-refractivity contribution in [3.63, 3.8) is 0 Å². The van der Waals surface area contributed by atoms with Crippen LogP contribution in [-0.2, 0) is 5.60 Å². The molecule has 0 radical (unpaired) electrons. The highest BCUT2D eigenvalue weighted by atomic mass is 35.5. The minimum atomic E-state index is -0.926. The van der Waals surface area contributed by atoms with E-state index in [9.17, 15) is 9.90 Å². The van der Waals surface area contributed by atoms with Gasteiger partial charge in [-0.15, -0.1) is 0 Å². The first-order valence-corrected chi connectivity index (χ1v) is 8.49. The van der Waals surface area contributed by atoms with Crippen LogP contribution in [0.3, 0.4) is 0 Å². The topological polar surface area (TPSA) is 82.1 Å². The molecule has 0 atom stereocenters. The van der Waals surface area contributed by atoms with Gasteiger partial charge in [-0.3, -0.25) is 4.79 Å². The molecule has 2 aromatic heterocycles. The molecular formula is C18H17ClN4O2. The second-order valence-corrected chi connectivity index (χ2v) is 6.75. The molecule has 0 unspecified atom stereocenters. The number of piperidine rings is 1. The van der Waals surface area contributed by atoms with Crippen LogP contribution in [0.25, 0.3) is 11.0 Å². The van der Waals surface area contributed by atoms with Crippen LogP contribution in [-0.4, -0.2) is 44.0 Å². The van der Waals surface area contributed by atoms with E-state index in [0.29, 0.717) is 47.6 Å². The summed E-state index contributed by atoms with van der Waals surface area (Å²) in [6, 6.07) is 7.24. The number of nitrogens with zero attached hydrogens (tertiary/aromatic N) is 3. The smallest absolute Gasteiger partial charge is 0.256 e. The molecule has 1 aromatic carbocycles. The number of benzene rings is 1. The van der Waals surface area contributed by atoms with Crippen molar-refractivity contribution < 1.29 is 9.90 Å². The van der Waals surface area contributed by atoms with E-state index in [0.717, 1.165) is 5.56 Å². The van der Waals surface area contributed by atoms with Crippen LogP contribution in [0, 0.1) is 0 Å². The molecule has 0 saturated carbocycles. The van der Waals surface area contributed by atoms with E-state index < -0.39 is 5.60 Å². The van der Waals surface area contributed by atoms with E-state index in [-0.39, 0.29) is 5.91 Å². The zero-order valence-electron chi connectivity index (χ0n) is 13.4. The van der Waals surface area contributed by atoms with Gasteiger partial charge >= 0.3 is 0 Å². The molecule has 128 valence electrons. The van der Waals surface area contributed by atoms with Crippen molar-refractivity contribution in [2.24, 2.45) is 0 Å². The van der Waals surface area contributed by atoms with Crippen molar-refractivity contribution in [2.75, 3.05) is 13.1 Å². The molecule has 25 heavy (non-hydrogen) atoms. The van der Waals surface area contributed by atoms with Crippen molar-refractivity contribution in [1.29, 1.82) is 0 Å². The van der Waals surface area contributed by atoms with Gasteiger partial charge in [-0.05, 0) is 30.5 Å². The molecule has 1 aliphatic heterocycles. The minimum absolute atomic E-state index is 0.0702. The summed E-state index contributed by atoms with van der Waals surface area (Å²) in [6.07, 6.45) is 5.72. The maximum Gasteiger partial charge on any atom is 0.256 e. The standard InChI is InChI=1S/C18H17ClN4O2/c19-13-3-1-12(2-4-13)18(25)5-7-23(8-6-18)17(24)15-10-21-16-14(15)9-20-11-22-16/h1-4,9-11,25H,5-8H2,(H,20,21,22). The fourth-order valence-electron chi connectivity index (χ4n) is 3.34. The largest absolute Gasteiger partial charge is 0.385 e. The summed E-state index contributed by atoms with van der Waals surface area (Å²) >= 11 is 5.92. The number of aromatic amines is 1. The minimum Gasteiger partial charge on any atom is -0.385 e. The lowest BCUT2D eigenvalue weighted by Gasteiger charge is -2.38. The molecule has 3 heterocycles. The van der Waals surface area contributed by atoms with Gasteiger partial charge in [0, 0.05) is 35.9 Å². The average Bonchev–Trinajstić information content (AvgIpc) is 3.06. The highest BCUT2D eigenvalue weighted by Gasteiger charge is 2.36. The number of likely N-dealkylation sites (tertiary alicyclic amines) is 1. The molecule has 3 aromatic rings. The quantitative estimate of drug-likeness (QED) is 0.739. The number of halogens is 1. The maximum atomic E-state index is 12.8. The van der Waals surface area contributed by atoms with Crippen LogP contribution in [0.15, 0.2) is 43.0 Å². The second kappa shape index (κ2) is 6.13. The number of fused-ring (bicyclic) bond motifs is 1. The van der Waals surface area contributed by atoms with Crippen LogP contribution in [0.4, 0.5) is 0 Å². The molecule has 1 amide bonds. The SMILES string of the molecule is O=C(c1c[nH]c2ncncc12)N1CCC(O)(c2ccc(Cl)cc2)CC1. The van der Waals surface area contributed by atoms with Crippen molar-refractivity contribution in [1.82, 2.24) is 19.9 Å². The Bertz CT molecular complexity index is 914. The van der Waals surface area contributed by atoms with Crippen molar-refractivity contribution >= 4 is 28.5 Å². The summed E-state index contributed by atoms with van der Waals surface area (Å²) < 4.78 is 0. The lowest BCUT2D eigenvalue weighted by molar-refractivity contribution is -0.0211. The first-order valence-electron chi connectivity index (χ1n) is 8.12. The van der Waals surface area contributed by atoms with Crippen molar-refractivity contribution in [3.8, 4) is 0 Å². The number of amides is 1. The molecule has 4 rings (SSSR count). The number of rotatable bonds is 2. The summed E-state index contributed by atoms with van der Waals surface area (Å²) in [7, 11) is 0. The number of aliphatic hydroxyl groups is 1. The number of aromatic nitrogens is 3. The predicted molar refractivity (Wildman–Crippen MR) is 94.4 cm³/mol. The van der Waals surface area contributed by atoms with Gasteiger partial charge in [-0.1, -0.05) is 23.7 Å². The molecule has 1 saturated heterocycles. The first kappa shape index (κ1) is 16.1. The summed E-state index contributed by atoms with van der Waals surface area (Å²) in [5, 5.41) is 12.3. The number of carbonyl (C=O) groups excluding carboxylic acids is 1. The predicted octanol–water partition coefficient (Wildman–Crippen LogP) is 2.74. The number of hydrogen-bond donors (Lipinski definition) is 2. The van der Waals surface area contributed by atoms with Gasteiger partial charge in [0.15, 0.2) is 0 Å². The molecule has 7 heteroatoms. The molecule has 1 aliphatic rings. The normalized spacial score (nSPS) is 17.0. The zero-order valence-corrected chi connectivity index (χ0v) is 14.2. The Kier molecular flexibility index (Phi) is 3.94. The highest BCUT2D eigenvalue weighted by molar-refractivity contribution is 6.30. The van der Waals surface area contributed by atoms with Crippen LogP contribution in [0.2, 0.25) is 5.02 Å². The van der Waals surface area contributed by atoms with Gasteiger partial charge in [0.1, 0.15) is 12.0 Å². The first-order chi connectivity index (χ1) is 12.1. The highest BCUT2D eigenvalue weighted by Crippen LogP contribution is 2.34. The van der Waals surface area contributed by atoms with E-state index in [1.165, 1.54) is 6.33 Å². The Morgan fingerprint density at radius 1 is 1.24 bits per heavy atom. The molecule has 0 aliphatic carbocycles. The van der Waals surface area contributed by atoms with Gasteiger partial charge in [0.25, 0.3) is 5.91 Å². The van der Waals surface area contributed by atoms with E-state index in [2.05, 4.69) is 15.0 Å².